The minimum absolute atomic E-state index is 0.110. The number of rotatable bonds is 7. The van der Waals surface area contributed by atoms with E-state index in [1.54, 1.807) is 24.3 Å². The molecule has 11 heteroatoms. The summed E-state index contributed by atoms with van der Waals surface area (Å²) in [5.74, 6) is -1.57. The molecule has 0 spiro atoms. The van der Waals surface area contributed by atoms with Crippen LogP contribution in [-0.2, 0) is 29.1 Å². The SMILES string of the molecule is Cc1ccc(S(=O)(=O)N2CCCO[C@H]2CNC(=O)C(=O)NCCN2CCOCC2)cc1. The summed E-state index contributed by atoms with van der Waals surface area (Å²) >= 11 is 0. The fourth-order valence-electron chi connectivity index (χ4n) is 3.44. The smallest absolute Gasteiger partial charge is 0.309 e. The van der Waals surface area contributed by atoms with Crippen LogP contribution in [0.1, 0.15) is 12.0 Å². The van der Waals surface area contributed by atoms with Gasteiger partial charge in [0.25, 0.3) is 0 Å². The molecule has 10 nitrogen and oxygen atoms in total. The lowest BCUT2D eigenvalue weighted by Crippen LogP contribution is -2.53. The number of aryl methyl sites for hydroxylation is 1. The third-order valence-electron chi connectivity index (χ3n) is 5.24. The zero-order chi connectivity index (χ0) is 22.3. The van der Waals surface area contributed by atoms with Gasteiger partial charge in [0.05, 0.1) is 31.3 Å². The summed E-state index contributed by atoms with van der Waals surface area (Å²) in [4.78, 5) is 26.5. The predicted octanol–water partition coefficient (Wildman–Crippen LogP) is -0.703. The van der Waals surface area contributed by atoms with E-state index >= 15 is 0 Å². The van der Waals surface area contributed by atoms with Crippen molar-refractivity contribution in [3.05, 3.63) is 29.8 Å². The second-order valence-corrected chi connectivity index (χ2v) is 9.42. The van der Waals surface area contributed by atoms with E-state index in [0.717, 1.165) is 18.7 Å². The first-order valence-electron chi connectivity index (χ1n) is 10.4. The van der Waals surface area contributed by atoms with Gasteiger partial charge in [-0.1, -0.05) is 17.7 Å². The van der Waals surface area contributed by atoms with Crippen LogP contribution in [-0.4, -0.2) is 94.8 Å². The summed E-state index contributed by atoms with van der Waals surface area (Å²) in [7, 11) is -3.78. The fourth-order valence-corrected chi connectivity index (χ4v) is 5.01. The molecule has 2 amide bonds. The largest absolute Gasteiger partial charge is 0.379 e. The van der Waals surface area contributed by atoms with Gasteiger partial charge in [0.15, 0.2) is 0 Å². The van der Waals surface area contributed by atoms with Gasteiger partial charge in [-0.3, -0.25) is 14.5 Å². The summed E-state index contributed by atoms with van der Waals surface area (Å²) in [6.45, 7) is 6.34. The number of nitrogens with one attached hydrogen (secondary N) is 2. The summed E-state index contributed by atoms with van der Waals surface area (Å²) in [6.07, 6.45) is -0.317. The maximum atomic E-state index is 13.0. The van der Waals surface area contributed by atoms with Crippen LogP contribution in [0.2, 0.25) is 0 Å². The number of hydrogen-bond acceptors (Lipinski definition) is 7. The summed E-state index contributed by atoms with van der Waals surface area (Å²) in [6, 6.07) is 6.57. The standard InChI is InChI=1S/C20H30N4O6S/c1-16-3-5-17(6-4-16)31(27,28)24-8-2-12-30-18(24)15-22-20(26)19(25)21-7-9-23-10-13-29-14-11-23/h3-6,18H,2,7-15H2,1H3,(H,21,25)(H,22,26)/t18-/m0/s1. The third-order valence-corrected chi connectivity index (χ3v) is 7.15. The molecule has 1 aromatic carbocycles. The summed E-state index contributed by atoms with van der Waals surface area (Å²) in [5.41, 5.74) is 0.956. The molecular weight excluding hydrogens is 424 g/mol. The van der Waals surface area contributed by atoms with E-state index in [1.165, 1.54) is 4.31 Å². The van der Waals surface area contributed by atoms with E-state index in [1.807, 2.05) is 6.92 Å². The number of amides is 2. The average Bonchev–Trinajstić information content (AvgIpc) is 2.78. The van der Waals surface area contributed by atoms with Crippen LogP contribution < -0.4 is 10.6 Å². The lowest BCUT2D eigenvalue weighted by Gasteiger charge is -2.34. The Labute approximate surface area is 182 Å². The molecule has 2 aliphatic heterocycles. The highest BCUT2D eigenvalue weighted by atomic mass is 32.2. The predicted molar refractivity (Wildman–Crippen MR) is 113 cm³/mol. The van der Waals surface area contributed by atoms with Gasteiger partial charge in [0.1, 0.15) is 6.23 Å². The van der Waals surface area contributed by atoms with Crippen molar-refractivity contribution >= 4 is 21.8 Å². The van der Waals surface area contributed by atoms with E-state index in [9.17, 15) is 18.0 Å². The van der Waals surface area contributed by atoms with Crippen molar-refractivity contribution in [2.24, 2.45) is 0 Å². The van der Waals surface area contributed by atoms with Crippen molar-refractivity contribution in [1.29, 1.82) is 0 Å². The number of benzene rings is 1. The third kappa shape index (κ3) is 6.47. The minimum Gasteiger partial charge on any atom is -0.379 e. The molecule has 3 rings (SSSR count). The highest BCUT2D eigenvalue weighted by Gasteiger charge is 2.34. The van der Waals surface area contributed by atoms with Crippen LogP contribution in [0.5, 0.6) is 0 Å². The van der Waals surface area contributed by atoms with Gasteiger partial charge < -0.3 is 20.1 Å². The molecule has 2 N–H and O–H groups in total. The molecule has 0 aliphatic carbocycles. The molecule has 1 aromatic rings. The highest BCUT2D eigenvalue weighted by Crippen LogP contribution is 2.22. The summed E-state index contributed by atoms with van der Waals surface area (Å²) in [5, 5.41) is 5.07. The van der Waals surface area contributed by atoms with Crippen molar-refractivity contribution in [1.82, 2.24) is 19.8 Å². The van der Waals surface area contributed by atoms with Gasteiger partial charge in [0, 0.05) is 32.7 Å². The molecular formula is C20H30N4O6S. The monoisotopic (exact) mass is 454 g/mol. The Balaban J connectivity index is 1.50. The topological polar surface area (TPSA) is 117 Å². The van der Waals surface area contributed by atoms with Crippen molar-refractivity contribution in [3.8, 4) is 0 Å². The number of nitrogens with zero attached hydrogens (tertiary/aromatic N) is 2. The van der Waals surface area contributed by atoms with Gasteiger partial charge in [-0.25, -0.2) is 8.42 Å². The van der Waals surface area contributed by atoms with Crippen molar-refractivity contribution in [2.45, 2.75) is 24.5 Å². The van der Waals surface area contributed by atoms with Gasteiger partial charge in [-0.2, -0.15) is 4.31 Å². The second-order valence-electron chi connectivity index (χ2n) is 7.53. The highest BCUT2D eigenvalue weighted by molar-refractivity contribution is 7.89. The Morgan fingerprint density at radius 1 is 1.03 bits per heavy atom. The minimum atomic E-state index is -3.78. The van der Waals surface area contributed by atoms with Crippen LogP contribution in [0.25, 0.3) is 0 Å². The van der Waals surface area contributed by atoms with Crippen molar-refractivity contribution in [3.63, 3.8) is 0 Å². The number of sulfonamides is 1. The lowest BCUT2D eigenvalue weighted by molar-refractivity contribution is -0.140. The zero-order valence-corrected chi connectivity index (χ0v) is 18.5. The molecule has 0 aromatic heterocycles. The fraction of sp³-hybridized carbons (Fsp3) is 0.600. The van der Waals surface area contributed by atoms with E-state index in [-0.39, 0.29) is 18.0 Å². The zero-order valence-electron chi connectivity index (χ0n) is 17.7. The van der Waals surface area contributed by atoms with Crippen LogP contribution >= 0.6 is 0 Å². The van der Waals surface area contributed by atoms with Crippen LogP contribution in [0.3, 0.4) is 0 Å². The number of ether oxygens (including phenoxy) is 2. The molecule has 0 bridgehead atoms. The first kappa shape index (κ1) is 23.6. The molecule has 0 unspecified atom stereocenters. The quantitative estimate of drug-likeness (QED) is 0.523. The molecule has 2 fully saturated rings. The summed E-state index contributed by atoms with van der Waals surface area (Å²) < 4.78 is 38.1. The molecule has 2 heterocycles. The first-order valence-corrected chi connectivity index (χ1v) is 11.9. The lowest BCUT2D eigenvalue weighted by atomic mass is 10.2. The van der Waals surface area contributed by atoms with E-state index in [4.69, 9.17) is 9.47 Å². The Morgan fingerprint density at radius 3 is 2.42 bits per heavy atom. The van der Waals surface area contributed by atoms with Gasteiger partial charge in [-0.05, 0) is 25.5 Å². The van der Waals surface area contributed by atoms with E-state index in [2.05, 4.69) is 15.5 Å². The molecule has 2 saturated heterocycles. The molecule has 1 atom stereocenters. The Morgan fingerprint density at radius 2 is 1.71 bits per heavy atom. The number of carbonyl (C=O) groups is 2. The molecule has 31 heavy (non-hydrogen) atoms. The number of carbonyl (C=O) groups excluding carboxylic acids is 2. The van der Waals surface area contributed by atoms with Crippen molar-refractivity contribution < 1.29 is 27.5 Å². The Kier molecular flexibility index (Phi) is 8.38. The first-order chi connectivity index (χ1) is 14.9. The Bertz CT molecular complexity index is 855. The van der Waals surface area contributed by atoms with Gasteiger partial charge >= 0.3 is 11.8 Å². The van der Waals surface area contributed by atoms with Crippen LogP contribution in [0.15, 0.2) is 29.2 Å². The van der Waals surface area contributed by atoms with Gasteiger partial charge in [0.2, 0.25) is 10.0 Å². The van der Waals surface area contributed by atoms with Gasteiger partial charge in [-0.15, -0.1) is 0 Å². The molecule has 2 aliphatic rings. The Hall–Kier alpha value is -2.05. The second kappa shape index (κ2) is 11.0. The normalized spacial score (nSPS) is 20.9. The molecule has 0 saturated carbocycles. The maximum Gasteiger partial charge on any atom is 0.309 e. The van der Waals surface area contributed by atoms with Crippen molar-refractivity contribution in [2.75, 3.05) is 59.1 Å². The number of hydrogen-bond donors (Lipinski definition) is 2. The van der Waals surface area contributed by atoms with Crippen LogP contribution in [0.4, 0.5) is 0 Å². The molecule has 172 valence electrons. The van der Waals surface area contributed by atoms with E-state index in [0.29, 0.717) is 39.3 Å². The van der Waals surface area contributed by atoms with Crippen LogP contribution in [0, 0.1) is 6.92 Å². The maximum absolute atomic E-state index is 13.0. The average molecular weight is 455 g/mol. The molecule has 0 radical (unpaired) electrons. The van der Waals surface area contributed by atoms with E-state index < -0.39 is 28.1 Å². The number of morpholine rings is 1.